The van der Waals surface area contributed by atoms with E-state index < -0.39 is 5.97 Å². The molecule has 2 rings (SSSR count). The highest BCUT2D eigenvalue weighted by Crippen LogP contribution is 2.46. The van der Waals surface area contributed by atoms with E-state index in [1.165, 1.54) is 16.7 Å². The lowest BCUT2D eigenvalue weighted by molar-refractivity contribution is -0.137. The van der Waals surface area contributed by atoms with Crippen molar-refractivity contribution >= 4 is 23.2 Å². The molecule has 5 nitrogen and oxygen atoms in total. The van der Waals surface area contributed by atoms with E-state index in [1.807, 2.05) is 0 Å². The van der Waals surface area contributed by atoms with Gasteiger partial charge in [-0.15, -0.1) is 11.3 Å². The smallest absolute Gasteiger partial charge is 0.355 e. The van der Waals surface area contributed by atoms with Crippen LogP contribution in [0.1, 0.15) is 55.0 Å². The molecule has 0 unspecified atom stereocenters. The zero-order valence-corrected chi connectivity index (χ0v) is 12.6. The van der Waals surface area contributed by atoms with Gasteiger partial charge < -0.3 is 10.4 Å². The number of rotatable bonds is 6. The average Bonchev–Trinajstić information content (AvgIpc) is 2.79. The number of nitrogens with one attached hydrogen (secondary N) is 1. The highest BCUT2D eigenvalue weighted by atomic mass is 32.1. The maximum atomic E-state index is 12.3. The number of aromatic carboxylic acids is 1. The Morgan fingerprint density at radius 3 is 2.65 bits per heavy atom. The van der Waals surface area contributed by atoms with Crippen LogP contribution in [-0.2, 0) is 11.3 Å². The monoisotopic (exact) mass is 296 g/mol. The fourth-order valence-electron chi connectivity index (χ4n) is 2.74. The van der Waals surface area contributed by atoms with Crippen LogP contribution in [0.3, 0.4) is 0 Å². The summed E-state index contributed by atoms with van der Waals surface area (Å²) in [5.41, 5.74) is -0.166. The molecular formula is C14H20N2O3S. The van der Waals surface area contributed by atoms with Crippen molar-refractivity contribution in [2.24, 2.45) is 11.3 Å². The fourth-order valence-corrected chi connectivity index (χ4v) is 3.45. The summed E-state index contributed by atoms with van der Waals surface area (Å²) in [7, 11) is 0. The highest BCUT2D eigenvalue weighted by molar-refractivity contribution is 7.09. The number of amides is 1. The third-order valence-corrected chi connectivity index (χ3v) is 4.61. The van der Waals surface area contributed by atoms with Gasteiger partial charge in [0, 0.05) is 10.8 Å². The van der Waals surface area contributed by atoms with Crippen LogP contribution < -0.4 is 5.32 Å². The van der Waals surface area contributed by atoms with Gasteiger partial charge in [-0.05, 0) is 25.2 Å². The minimum absolute atomic E-state index is 0.0415. The molecule has 1 aromatic rings. The predicted molar refractivity (Wildman–Crippen MR) is 76.7 cm³/mol. The summed E-state index contributed by atoms with van der Waals surface area (Å²) in [6.45, 7) is 4.58. The van der Waals surface area contributed by atoms with Gasteiger partial charge in [-0.2, -0.15) is 0 Å². The summed E-state index contributed by atoms with van der Waals surface area (Å²) in [4.78, 5) is 27.1. The summed E-state index contributed by atoms with van der Waals surface area (Å²) in [5, 5.41) is 13.9. The summed E-state index contributed by atoms with van der Waals surface area (Å²) in [5.74, 6) is -0.446. The van der Waals surface area contributed by atoms with E-state index in [4.69, 9.17) is 5.11 Å². The Morgan fingerprint density at radius 2 is 2.20 bits per heavy atom. The van der Waals surface area contributed by atoms with Gasteiger partial charge in [-0.3, -0.25) is 4.79 Å². The van der Waals surface area contributed by atoms with Gasteiger partial charge in [0.25, 0.3) is 0 Å². The van der Waals surface area contributed by atoms with Gasteiger partial charge in [-0.25, -0.2) is 9.78 Å². The number of hydrogen-bond donors (Lipinski definition) is 2. The Morgan fingerprint density at radius 1 is 1.50 bits per heavy atom. The maximum absolute atomic E-state index is 12.3. The molecule has 0 aromatic carbocycles. The summed E-state index contributed by atoms with van der Waals surface area (Å²) >= 11 is 1.26. The molecule has 110 valence electrons. The molecule has 1 aromatic heterocycles. The van der Waals surface area contributed by atoms with Crippen LogP contribution in [0.5, 0.6) is 0 Å². The molecule has 1 heterocycles. The Hall–Kier alpha value is -1.43. The number of carbonyl (C=O) groups is 2. The van der Waals surface area contributed by atoms with E-state index in [0.717, 1.165) is 25.7 Å². The maximum Gasteiger partial charge on any atom is 0.355 e. The molecule has 20 heavy (non-hydrogen) atoms. The van der Waals surface area contributed by atoms with Gasteiger partial charge in [0.05, 0.1) is 6.54 Å². The van der Waals surface area contributed by atoms with E-state index in [9.17, 15) is 9.59 Å². The number of carboxylic acids is 1. The van der Waals surface area contributed by atoms with Gasteiger partial charge in [-0.1, -0.05) is 20.3 Å². The van der Waals surface area contributed by atoms with E-state index in [0.29, 0.717) is 17.5 Å². The first-order chi connectivity index (χ1) is 9.43. The lowest BCUT2D eigenvalue weighted by atomic mass is 9.64. The third kappa shape index (κ3) is 3.17. The molecule has 1 saturated carbocycles. The van der Waals surface area contributed by atoms with Crippen molar-refractivity contribution in [3.63, 3.8) is 0 Å². The highest BCUT2D eigenvalue weighted by Gasteiger charge is 2.43. The molecule has 1 aliphatic rings. The predicted octanol–water partition coefficient (Wildman–Crippen LogP) is 2.67. The normalized spacial score (nSPS) is 16.8. The number of hydrogen-bond acceptors (Lipinski definition) is 4. The molecular weight excluding hydrogens is 276 g/mol. The number of carboxylic acid groups (broad SMARTS) is 1. The Balaban J connectivity index is 1.92. The Bertz CT molecular complexity index is 506. The number of thiazole rings is 1. The zero-order valence-electron chi connectivity index (χ0n) is 11.8. The number of nitrogens with zero attached hydrogens (tertiary/aromatic N) is 1. The van der Waals surface area contributed by atoms with Crippen molar-refractivity contribution in [1.82, 2.24) is 10.3 Å². The molecule has 0 radical (unpaired) electrons. The summed E-state index contributed by atoms with van der Waals surface area (Å²) in [6, 6.07) is 0. The van der Waals surface area contributed by atoms with Crippen LogP contribution in [0.25, 0.3) is 0 Å². The van der Waals surface area contributed by atoms with Crippen LogP contribution in [0.2, 0.25) is 0 Å². The minimum Gasteiger partial charge on any atom is -0.476 e. The van der Waals surface area contributed by atoms with Crippen LogP contribution in [-0.4, -0.2) is 22.0 Å². The molecule has 0 spiro atoms. The zero-order chi connectivity index (χ0) is 14.8. The van der Waals surface area contributed by atoms with E-state index in [2.05, 4.69) is 24.1 Å². The van der Waals surface area contributed by atoms with Crippen molar-refractivity contribution in [2.45, 2.75) is 46.1 Å². The number of aromatic nitrogens is 1. The first-order valence-electron chi connectivity index (χ1n) is 6.89. The second-order valence-corrected chi connectivity index (χ2v) is 6.79. The molecule has 0 aliphatic heterocycles. The molecule has 6 heteroatoms. The van der Waals surface area contributed by atoms with E-state index in [-0.39, 0.29) is 17.0 Å². The van der Waals surface area contributed by atoms with E-state index >= 15 is 0 Å². The third-order valence-electron chi connectivity index (χ3n) is 3.76. The van der Waals surface area contributed by atoms with Crippen molar-refractivity contribution in [2.75, 3.05) is 0 Å². The van der Waals surface area contributed by atoms with Gasteiger partial charge in [0.1, 0.15) is 5.01 Å². The van der Waals surface area contributed by atoms with Gasteiger partial charge in [0.15, 0.2) is 5.69 Å². The van der Waals surface area contributed by atoms with Crippen LogP contribution in [0, 0.1) is 11.3 Å². The van der Waals surface area contributed by atoms with Crippen molar-refractivity contribution < 1.29 is 14.7 Å². The SMILES string of the molecule is CC(C)CC1(C(=O)NCc2nc(C(=O)O)cs2)CCC1. The molecule has 0 saturated heterocycles. The average molecular weight is 296 g/mol. The largest absolute Gasteiger partial charge is 0.476 e. The van der Waals surface area contributed by atoms with Gasteiger partial charge in [0.2, 0.25) is 5.91 Å². The van der Waals surface area contributed by atoms with Crippen LogP contribution >= 0.6 is 11.3 Å². The van der Waals surface area contributed by atoms with Crippen molar-refractivity contribution in [1.29, 1.82) is 0 Å². The Labute approximate surface area is 122 Å². The Kier molecular flexibility index (Phi) is 4.42. The standard InChI is InChI=1S/C14H20N2O3S/c1-9(2)6-14(4-3-5-14)13(19)15-7-11-16-10(8-20-11)12(17)18/h8-9H,3-7H2,1-2H3,(H,15,19)(H,17,18). The molecule has 1 amide bonds. The second kappa shape index (κ2) is 5.91. The van der Waals surface area contributed by atoms with Crippen LogP contribution in [0.15, 0.2) is 5.38 Å². The molecule has 1 fully saturated rings. The second-order valence-electron chi connectivity index (χ2n) is 5.85. The number of carbonyl (C=O) groups excluding carboxylic acids is 1. The molecule has 2 N–H and O–H groups in total. The minimum atomic E-state index is -1.03. The van der Waals surface area contributed by atoms with Crippen molar-refractivity contribution in [3.8, 4) is 0 Å². The molecule has 0 bridgehead atoms. The summed E-state index contributed by atoms with van der Waals surface area (Å²) in [6.07, 6.45) is 3.93. The topological polar surface area (TPSA) is 79.3 Å². The lowest BCUT2D eigenvalue weighted by Gasteiger charge is -2.41. The van der Waals surface area contributed by atoms with Crippen LogP contribution in [0.4, 0.5) is 0 Å². The lowest BCUT2D eigenvalue weighted by Crippen LogP contribution is -2.46. The summed E-state index contributed by atoms with van der Waals surface area (Å²) < 4.78 is 0. The molecule has 0 atom stereocenters. The fraction of sp³-hybridized carbons (Fsp3) is 0.643. The van der Waals surface area contributed by atoms with E-state index in [1.54, 1.807) is 0 Å². The van der Waals surface area contributed by atoms with Gasteiger partial charge >= 0.3 is 5.97 Å². The molecule has 1 aliphatic carbocycles. The van der Waals surface area contributed by atoms with Crippen molar-refractivity contribution in [3.05, 3.63) is 16.1 Å². The first-order valence-corrected chi connectivity index (χ1v) is 7.77. The quantitative estimate of drug-likeness (QED) is 0.846. The first kappa shape index (κ1) is 15.0.